The van der Waals surface area contributed by atoms with Crippen LogP contribution in [0.2, 0.25) is 0 Å². The number of benzene rings is 1. The van der Waals surface area contributed by atoms with Gasteiger partial charge in [-0.25, -0.2) is 9.37 Å². The van der Waals surface area contributed by atoms with E-state index in [0.29, 0.717) is 17.2 Å². The van der Waals surface area contributed by atoms with E-state index in [4.69, 9.17) is 0 Å². The summed E-state index contributed by atoms with van der Waals surface area (Å²) in [5.74, 6) is -0.0817. The van der Waals surface area contributed by atoms with Crippen molar-refractivity contribution in [2.45, 2.75) is 31.6 Å². The Bertz CT molecular complexity index is 727. The van der Waals surface area contributed by atoms with Crippen LogP contribution in [0, 0.1) is 11.7 Å². The molecule has 0 bridgehead atoms. The van der Waals surface area contributed by atoms with Crippen LogP contribution in [0.4, 0.5) is 17.6 Å². The van der Waals surface area contributed by atoms with Crippen molar-refractivity contribution in [2.24, 2.45) is 5.92 Å². The molecule has 1 aromatic carbocycles. The van der Waals surface area contributed by atoms with E-state index in [1.165, 1.54) is 24.3 Å². The summed E-state index contributed by atoms with van der Waals surface area (Å²) in [7, 11) is 0. The Morgan fingerprint density at radius 2 is 1.80 bits per heavy atom. The second-order valence-corrected chi connectivity index (χ2v) is 6.21. The van der Waals surface area contributed by atoms with Crippen LogP contribution in [0.1, 0.15) is 24.1 Å². The first-order chi connectivity index (χ1) is 11.9. The molecule has 3 nitrogen and oxygen atoms in total. The van der Waals surface area contributed by atoms with Crippen molar-refractivity contribution in [3.8, 4) is 11.3 Å². The molecule has 0 unspecified atom stereocenters. The largest absolute Gasteiger partial charge is 0.416 e. The average Bonchev–Trinajstić information content (AvgIpc) is 3.41. The first kappa shape index (κ1) is 17.8. The maximum absolute atomic E-state index is 14.0. The van der Waals surface area contributed by atoms with Crippen LogP contribution in [0.3, 0.4) is 0 Å². The van der Waals surface area contributed by atoms with Crippen LogP contribution >= 0.6 is 0 Å². The van der Waals surface area contributed by atoms with E-state index in [0.717, 1.165) is 25.0 Å². The van der Waals surface area contributed by atoms with Crippen LogP contribution in [0.15, 0.2) is 36.4 Å². The molecule has 7 heteroatoms. The first-order valence-corrected chi connectivity index (χ1v) is 8.06. The third kappa shape index (κ3) is 4.35. The molecule has 0 radical (unpaired) electrons. The first-order valence-electron chi connectivity index (χ1n) is 8.06. The quantitative estimate of drug-likeness (QED) is 0.777. The molecule has 1 saturated carbocycles. The summed E-state index contributed by atoms with van der Waals surface area (Å²) in [6.07, 6.45) is -2.31. The van der Waals surface area contributed by atoms with Crippen molar-refractivity contribution < 1.29 is 22.7 Å². The van der Waals surface area contributed by atoms with E-state index in [-0.39, 0.29) is 24.9 Å². The summed E-state index contributed by atoms with van der Waals surface area (Å²) >= 11 is 0. The molecule has 0 spiro atoms. The van der Waals surface area contributed by atoms with Crippen LogP contribution < -0.4 is 5.32 Å². The number of aliphatic hydroxyl groups is 1. The van der Waals surface area contributed by atoms with Gasteiger partial charge >= 0.3 is 6.18 Å². The molecule has 0 aliphatic heterocycles. The molecule has 0 amide bonds. The van der Waals surface area contributed by atoms with Gasteiger partial charge in [-0.15, -0.1) is 0 Å². The number of aromatic nitrogens is 1. The Hall–Kier alpha value is -1.99. The topological polar surface area (TPSA) is 45.1 Å². The molecule has 3 rings (SSSR count). The minimum Gasteiger partial charge on any atom is -0.395 e. The summed E-state index contributed by atoms with van der Waals surface area (Å²) in [4.78, 5) is 4.22. The summed E-state index contributed by atoms with van der Waals surface area (Å²) < 4.78 is 51.8. The number of aliphatic hydroxyl groups excluding tert-OH is 1. The van der Waals surface area contributed by atoms with E-state index >= 15 is 0 Å². The zero-order valence-electron chi connectivity index (χ0n) is 13.4. The monoisotopic (exact) mass is 354 g/mol. The molecule has 1 heterocycles. The third-order valence-corrected chi connectivity index (χ3v) is 4.35. The second kappa shape index (κ2) is 7.09. The summed E-state index contributed by atoms with van der Waals surface area (Å²) in [6, 6.07) is 7.20. The lowest BCUT2D eigenvalue weighted by Gasteiger charge is -2.15. The van der Waals surface area contributed by atoms with Crippen molar-refractivity contribution in [3.05, 3.63) is 53.5 Å². The molecule has 2 N–H and O–H groups in total. The molecule has 1 fully saturated rings. The number of rotatable bonds is 6. The number of halogens is 4. The van der Waals surface area contributed by atoms with Gasteiger partial charge in [0.05, 0.1) is 23.6 Å². The maximum Gasteiger partial charge on any atom is 0.416 e. The standard InChI is InChI=1S/C18H18F4N2O/c19-14-7-8-15(11-3-5-13(6-4-11)18(20,21)22)24-16(14)9-23-17(10-25)12-1-2-12/h3-8,12,17,23,25H,1-2,9-10H2/t17-/m0/s1. The molecule has 134 valence electrons. The van der Waals surface area contributed by atoms with Gasteiger partial charge in [-0.2, -0.15) is 13.2 Å². The molecular formula is C18H18F4N2O. The number of pyridine rings is 1. The smallest absolute Gasteiger partial charge is 0.395 e. The molecule has 0 saturated heterocycles. The number of hydrogen-bond acceptors (Lipinski definition) is 3. The van der Waals surface area contributed by atoms with Crippen LogP contribution in [-0.2, 0) is 12.7 Å². The summed E-state index contributed by atoms with van der Waals surface area (Å²) in [5, 5.41) is 12.4. The van der Waals surface area contributed by atoms with Gasteiger partial charge in [-0.1, -0.05) is 12.1 Å². The maximum atomic E-state index is 14.0. The van der Waals surface area contributed by atoms with Crippen molar-refractivity contribution in [1.82, 2.24) is 10.3 Å². The Balaban J connectivity index is 1.76. The minimum absolute atomic E-state index is 0.0229. The van der Waals surface area contributed by atoms with Crippen molar-refractivity contribution in [2.75, 3.05) is 6.61 Å². The lowest BCUT2D eigenvalue weighted by molar-refractivity contribution is -0.137. The Kier molecular flexibility index (Phi) is 5.06. The van der Waals surface area contributed by atoms with Gasteiger partial charge in [0.2, 0.25) is 0 Å². The van der Waals surface area contributed by atoms with Gasteiger partial charge in [0.15, 0.2) is 0 Å². The molecule has 1 aliphatic carbocycles. The van der Waals surface area contributed by atoms with Crippen LogP contribution in [-0.4, -0.2) is 22.7 Å². The lowest BCUT2D eigenvalue weighted by atomic mass is 10.1. The molecule has 1 aliphatic rings. The normalized spacial score (nSPS) is 16.0. The highest BCUT2D eigenvalue weighted by molar-refractivity contribution is 5.59. The highest BCUT2D eigenvalue weighted by Gasteiger charge is 2.31. The summed E-state index contributed by atoms with van der Waals surface area (Å²) in [6.45, 7) is 0.132. The van der Waals surface area contributed by atoms with Gasteiger partial charge in [0, 0.05) is 18.2 Å². The predicted octanol–water partition coefficient (Wildman–Crippen LogP) is 3.77. The number of hydrogen-bond donors (Lipinski definition) is 2. The van der Waals surface area contributed by atoms with E-state index in [9.17, 15) is 22.7 Å². The average molecular weight is 354 g/mol. The highest BCUT2D eigenvalue weighted by atomic mass is 19.4. The van der Waals surface area contributed by atoms with Gasteiger partial charge in [0.25, 0.3) is 0 Å². The van der Waals surface area contributed by atoms with Gasteiger partial charge < -0.3 is 10.4 Å². The van der Waals surface area contributed by atoms with E-state index in [1.807, 2.05) is 0 Å². The fraction of sp³-hybridized carbons (Fsp3) is 0.389. The predicted molar refractivity (Wildman–Crippen MR) is 85.1 cm³/mol. The SMILES string of the molecule is OC[C@H](NCc1nc(-c2ccc(C(F)(F)F)cc2)ccc1F)C1CC1. The van der Waals surface area contributed by atoms with Gasteiger partial charge in [-0.3, -0.25) is 0 Å². The number of nitrogens with one attached hydrogen (secondary N) is 1. The lowest BCUT2D eigenvalue weighted by Crippen LogP contribution is -2.34. The third-order valence-electron chi connectivity index (χ3n) is 4.35. The van der Waals surface area contributed by atoms with Gasteiger partial charge in [-0.05, 0) is 43.0 Å². The number of alkyl halides is 3. The zero-order chi connectivity index (χ0) is 18.0. The van der Waals surface area contributed by atoms with Crippen LogP contribution in [0.5, 0.6) is 0 Å². The molecule has 2 aromatic rings. The Morgan fingerprint density at radius 3 is 2.36 bits per heavy atom. The Morgan fingerprint density at radius 1 is 1.12 bits per heavy atom. The highest BCUT2D eigenvalue weighted by Crippen LogP contribution is 2.33. The minimum atomic E-state index is -4.40. The van der Waals surface area contributed by atoms with Crippen molar-refractivity contribution >= 4 is 0 Å². The van der Waals surface area contributed by atoms with Gasteiger partial charge in [0.1, 0.15) is 5.82 Å². The molecule has 25 heavy (non-hydrogen) atoms. The van der Waals surface area contributed by atoms with Crippen molar-refractivity contribution in [3.63, 3.8) is 0 Å². The number of nitrogens with zero attached hydrogens (tertiary/aromatic N) is 1. The fourth-order valence-electron chi connectivity index (χ4n) is 2.71. The van der Waals surface area contributed by atoms with Crippen molar-refractivity contribution in [1.29, 1.82) is 0 Å². The second-order valence-electron chi connectivity index (χ2n) is 6.21. The van der Waals surface area contributed by atoms with Crippen LogP contribution in [0.25, 0.3) is 11.3 Å². The summed E-state index contributed by atoms with van der Waals surface area (Å²) in [5.41, 5.74) is 0.320. The molecular weight excluding hydrogens is 336 g/mol. The molecule has 1 aromatic heterocycles. The Labute approximate surface area is 142 Å². The zero-order valence-corrected chi connectivity index (χ0v) is 13.4. The fourth-order valence-corrected chi connectivity index (χ4v) is 2.71. The van der Waals surface area contributed by atoms with E-state index in [1.54, 1.807) is 0 Å². The van der Waals surface area contributed by atoms with E-state index < -0.39 is 17.6 Å². The van der Waals surface area contributed by atoms with E-state index in [2.05, 4.69) is 10.3 Å². The molecule has 1 atom stereocenters.